The Morgan fingerprint density at radius 2 is 1.81 bits per heavy atom. The highest BCUT2D eigenvalue weighted by Gasteiger charge is 2.09. The lowest BCUT2D eigenvalue weighted by Crippen LogP contribution is -2.13. The van der Waals surface area contributed by atoms with Crippen LogP contribution in [0, 0.1) is 5.92 Å². The van der Waals surface area contributed by atoms with Crippen molar-refractivity contribution in [2.24, 2.45) is 5.92 Å². The topological polar surface area (TPSA) is 54.3 Å². The van der Waals surface area contributed by atoms with E-state index in [1.54, 1.807) is 0 Å². The first-order valence-corrected chi connectivity index (χ1v) is 9.36. The van der Waals surface area contributed by atoms with E-state index in [1.807, 2.05) is 74.5 Å². The average Bonchev–Trinajstić information content (AvgIpc) is 3.09. The molecule has 0 saturated carbocycles. The lowest BCUT2D eigenvalue weighted by Gasteiger charge is -2.10. The predicted octanol–water partition coefficient (Wildman–Crippen LogP) is 6.20. The van der Waals surface area contributed by atoms with Crippen molar-refractivity contribution in [2.75, 3.05) is 10.6 Å². The maximum atomic E-state index is 11.9. The van der Waals surface area contributed by atoms with Crippen LogP contribution in [-0.4, -0.2) is 5.91 Å². The molecule has 2 N–H and O–H groups in total. The number of hydrogen-bond acceptors (Lipinski definition) is 3. The molecule has 0 aliphatic carbocycles. The summed E-state index contributed by atoms with van der Waals surface area (Å²) in [5.41, 5.74) is 2.56. The second-order valence-electron chi connectivity index (χ2n) is 6.83. The minimum Gasteiger partial charge on any atom is -0.459 e. The van der Waals surface area contributed by atoms with Crippen LogP contribution in [0.15, 0.2) is 65.1 Å². The average molecular weight is 383 g/mol. The molecule has 140 valence electrons. The first-order chi connectivity index (χ1) is 13.0. The number of benzene rings is 2. The maximum Gasteiger partial charge on any atom is 0.224 e. The largest absolute Gasteiger partial charge is 0.459 e. The van der Waals surface area contributed by atoms with Crippen LogP contribution in [0.4, 0.5) is 11.4 Å². The molecule has 1 heterocycles. The minimum atomic E-state index is 0.0255. The number of rotatable bonds is 7. The molecule has 0 spiro atoms. The molecule has 0 atom stereocenters. The van der Waals surface area contributed by atoms with Crippen molar-refractivity contribution in [1.82, 2.24) is 0 Å². The lowest BCUT2D eigenvalue weighted by molar-refractivity contribution is -0.116. The SMILES string of the molecule is CC(C)CC(=O)Nc1cccc(NCc2ccc(-c3ccccc3Cl)o2)c1. The van der Waals surface area contributed by atoms with Gasteiger partial charge in [0.25, 0.3) is 0 Å². The third kappa shape index (κ3) is 5.38. The molecule has 0 radical (unpaired) electrons. The molecular weight excluding hydrogens is 360 g/mol. The van der Waals surface area contributed by atoms with Crippen molar-refractivity contribution in [2.45, 2.75) is 26.8 Å². The summed E-state index contributed by atoms with van der Waals surface area (Å²) in [5.74, 6) is 1.90. The minimum absolute atomic E-state index is 0.0255. The molecular formula is C22H23ClN2O2. The van der Waals surface area contributed by atoms with E-state index in [1.165, 1.54) is 0 Å². The van der Waals surface area contributed by atoms with Crippen molar-refractivity contribution in [1.29, 1.82) is 0 Å². The van der Waals surface area contributed by atoms with Crippen LogP contribution < -0.4 is 10.6 Å². The lowest BCUT2D eigenvalue weighted by atomic mass is 10.1. The molecule has 0 fully saturated rings. The highest BCUT2D eigenvalue weighted by atomic mass is 35.5. The van der Waals surface area contributed by atoms with Crippen LogP contribution in [-0.2, 0) is 11.3 Å². The highest BCUT2D eigenvalue weighted by Crippen LogP contribution is 2.29. The van der Waals surface area contributed by atoms with Gasteiger partial charge in [-0.2, -0.15) is 0 Å². The Bertz CT molecular complexity index is 918. The standard InChI is InChI=1S/C22H23ClN2O2/c1-15(2)12-22(26)25-17-7-5-6-16(13-17)24-14-18-10-11-21(27-18)19-8-3-4-9-20(19)23/h3-11,13,15,24H,12,14H2,1-2H3,(H,25,26). The van der Waals surface area contributed by atoms with Crippen molar-refractivity contribution >= 4 is 28.9 Å². The molecule has 0 saturated heterocycles. The van der Waals surface area contributed by atoms with Gasteiger partial charge in [0.2, 0.25) is 5.91 Å². The van der Waals surface area contributed by atoms with Crippen LogP contribution in [0.2, 0.25) is 5.02 Å². The zero-order valence-corrected chi connectivity index (χ0v) is 16.2. The quantitative estimate of drug-likeness (QED) is 0.511. The molecule has 4 nitrogen and oxygen atoms in total. The monoisotopic (exact) mass is 382 g/mol. The van der Waals surface area contributed by atoms with E-state index in [4.69, 9.17) is 16.0 Å². The molecule has 0 bridgehead atoms. The number of anilines is 2. The summed E-state index contributed by atoms with van der Waals surface area (Å²) in [4.78, 5) is 11.9. The number of hydrogen-bond donors (Lipinski definition) is 2. The van der Waals surface area contributed by atoms with E-state index >= 15 is 0 Å². The zero-order chi connectivity index (χ0) is 19.2. The highest BCUT2D eigenvalue weighted by molar-refractivity contribution is 6.33. The molecule has 0 aliphatic heterocycles. The van der Waals surface area contributed by atoms with Gasteiger partial charge in [0.05, 0.1) is 11.6 Å². The molecule has 27 heavy (non-hydrogen) atoms. The second-order valence-corrected chi connectivity index (χ2v) is 7.23. The Hall–Kier alpha value is -2.72. The molecule has 5 heteroatoms. The van der Waals surface area contributed by atoms with Crippen LogP contribution in [0.1, 0.15) is 26.0 Å². The van der Waals surface area contributed by atoms with Crippen molar-refractivity contribution < 1.29 is 9.21 Å². The molecule has 0 aliphatic rings. The van der Waals surface area contributed by atoms with Gasteiger partial charge >= 0.3 is 0 Å². The number of halogens is 1. The Kier molecular flexibility index (Phi) is 6.20. The molecule has 0 unspecified atom stereocenters. The number of nitrogens with one attached hydrogen (secondary N) is 2. The summed E-state index contributed by atoms with van der Waals surface area (Å²) >= 11 is 6.22. The first-order valence-electron chi connectivity index (χ1n) is 8.98. The second kappa shape index (κ2) is 8.78. The summed E-state index contributed by atoms with van der Waals surface area (Å²) < 4.78 is 5.89. The smallest absolute Gasteiger partial charge is 0.224 e. The van der Waals surface area contributed by atoms with Crippen LogP contribution in [0.3, 0.4) is 0 Å². The van der Waals surface area contributed by atoms with Crippen molar-refractivity contribution in [3.8, 4) is 11.3 Å². The fourth-order valence-electron chi connectivity index (χ4n) is 2.76. The number of carbonyl (C=O) groups is 1. The Balaban J connectivity index is 1.62. The van der Waals surface area contributed by atoms with Crippen LogP contribution in [0.5, 0.6) is 0 Å². The summed E-state index contributed by atoms with van der Waals surface area (Å²) in [6, 6.07) is 19.1. The van der Waals surface area contributed by atoms with E-state index in [0.717, 1.165) is 28.5 Å². The van der Waals surface area contributed by atoms with Gasteiger partial charge in [-0.25, -0.2) is 0 Å². The number of amides is 1. The van der Waals surface area contributed by atoms with Gasteiger partial charge in [0.15, 0.2) is 0 Å². The summed E-state index contributed by atoms with van der Waals surface area (Å²) in [7, 11) is 0. The van der Waals surface area contributed by atoms with Gasteiger partial charge < -0.3 is 15.1 Å². The van der Waals surface area contributed by atoms with Gasteiger partial charge in [-0.3, -0.25) is 4.79 Å². The summed E-state index contributed by atoms with van der Waals surface area (Å²) in [5, 5.41) is 6.91. The fourth-order valence-corrected chi connectivity index (χ4v) is 2.99. The third-order valence-corrected chi connectivity index (χ3v) is 4.34. The van der Waals surface area contributed by atoms with Gasteiger partial charge in [-0.05, 0) is 48.4 Å². The molecule has 1 amide bonds. The van der Waals surface area contributed by atoms with Crippen molar-refractivity contribution in [3.05, 3.63) is 71.4 Å². The van der Waals surface area contributed by atoms with E-state index < -0.39 is 0 Å². The number of furan rings is 1. The number of carbonyl (C=O) groups excluding carboxylic acids is 1. The molecule has 3 aromatic rings. The van der Waals surface area contributed by atoms with E-state index in [0.29, 0.717) is 23.9 Å². The molecule has 1 aromatic heterocycles. The zero-order valence-electron chi connectivity index (χ0n) is 15.5. The van der Waals surface area contributed by atoms with E-state index in [9.17, 15) is 4.79 Å². The molecule has 3 rings (SSSR count). The molecule has 2 aromatic carbocycles. The predicted molar refractivity (Wildman–Crippen MR) is 111 cm³/mol. The first kappa shape index (κ1) is 19.1. The Morgan fingerprint density at radius 1 is 1.04 bits per heavy atom. The van der Waals surface area contributed by atoms with Gasteiger partial charge in [0.1, 0.15) is 11.5 Å². The summed E-state index contributed by atoms with van der Waals surface area (Å²) in [6.07, 6.45) is 0.509. The van der Waals surface area contributed by atoms with Gasteiger partial charge in [-0.15, -0.1) is 0 Å². The van der Waals surface area contributed by atoms with Crippen molar-refractivity contribution in [3.63, 3.8) is 0 Å². The normalized spacial score (nSPS) is 10.8. The van der Waals surface area contributed by atoms with Gasteiger partial charge in [-0.1, -0.05) is 43.6 Å². The maximum absolute atomic E-state index is 11.9. The third-order valence-electron chi connectivity index (χ3n) is 4.01. The Labute approximate surface area is 164 Å². The van der Waals surface area contributed by atoms with Gasteiger partial charge in [0, 0.05) is 23.4 Å². The van der Waals surface area contributed by atoms with E-state index in [-0.39, 0.29) is 5.91 Å². The Morgan fingerprint density at radius 3 is 2.59 bits per heavy atom. The summed E-state index contributed by atoms with van der Waals surface area (Å²) in [6.45, 7) is 4.59. The fraction of sp³-hybridized carbons (Fsp3) is 0.227. The van der Waals surface area contributed by atoms with Crippen LogP contribution in [0.25, 0.3) is 11.3 Å². The van der Waals surface area contributed by atoms with E-state index in [2.05, 4.69) is 10.6 Å². The van der Waals surface area contributed by atoms with Crippen LogP contribution >= 0.6 is 11.6 Å².